The highest BCUT2D eigenvalue weighted by Crippen LogP contribution is 2.19. The van der Waals surface area contributed by atoms with Gasteiger partial charge in [-0.3, -0.25) is 4.98 Å². The molecule has 0 saturated carbocycles. The van der Waals surface area contributed by atoms with Gasteiger partial charge >= 0.3 is 0 Å². The van der Waals surface area contributed by atoms with E-state index in [2.05, 4.69) is 62.0 Å². The van der Waals surface area contributed by atoms with Crippen molar-refractivity contribution in [3.8, 4) is 0 Å². The van der Waals surface area contributed by atoms with Gasteiger partial charge in [-0.1, -0.05) is 13.8 Å². The molecule has 1 aromatic heterocycles. The molecule has 0 fully saturated rings. The van der Waals surface area contributed by atoms with Crippen molar-refractivity contribution in [2.24, 2.45) is 0 Å². The van der Waals surface area contributed by atoms with Gasteiger partial charge in [0, 0.05) is 18.6 Å². The molecule has 3 heteroatoms. The number of anilines is 1. The van der Waals surface area contributed by atoms with Gasteiger partial charge in [0.2, 0.25) is 0 Å². The lowest BCUT2D eigenvalue weighted by Crippen LogP contribution is -2.32. The van der Waals surface area contributed by atoms with Gasteiger partial charge in [-0.05, 0) is 45.9 Å². The number of nitrogens with one attached hydrogen (secondary N) is 1. The molecule has 0 spiro atoms. The van der Waals surface area contributed by atoms with Gasteiger partial charge in [0.1, 0.15) is 0 Å². The highest BCUT2D eigenvalue weighted by atomic mass is 15.2. The van der Waals surface area contributed by atoms with Gasteiger partial charge in [-0.25, -0.2) is 0 Å². The van der Waals surface area contributed by atoms with Crippen LogP contribution < -0.4 is 10.2 Å². The van der Waals surface area contributed by atoms with Crippen molar-refractivity contribution in [3.05, 3.63) is 24.0 Å². The van der Waals surface area contributed by atoms with Gasteiger partial charge in [0.25, 0.3) is 0 Å². The molecule has 0 aromatic carbocycles. The minimum atomic E-state index is 0.322. The van der Waals surface area contributed by atoms with Crippen molar-refractivity contribution in [1.82, 2.24) is 10.3 Å². The van der Waals surface area contributed by atoms with E-state index in [0.717, 1.165) is 25.2 Å². The first-order valence-corrected chi connectivity index (χ1v) is 7.09. The van der Waals surface area contributed by atoms with E-state index in [1.165, 1.54) is 5.69 Å². The van der Waals surface area contributed by atoms with Crippen molar-refractivity contribution in [2.45, 2.75) is 53.1 Å². The Hall–Kier alpha value is -1.09. The number of hydrogen-bond donors (Lipinski definition) is 1. The summed E-state index contributed by atoms with van der Waals surface area (Å²) in [7, 11) is 0. The summed E-state index contributed by atoms with van der Waals surface area (Å²) >= 11 is 0. The van der Waals surface area contributed by atoms with Crippen LogP contribution in [0.25, 0.3) is 0 Å². The Kier molecular flexibility index (Phi) is 6.13. The topological polar surface area (TPSA) is 28.2 Å². The molecular weight excluding hydrogens is 222 g/mol. The number of pyridine rings is 1. The van der Waals surface area contributed by atoms with Gasteiger partial charge in [-0.2, -0.15) is 0 Å². The highest BCUT2D eigenvalue weighted by molar-refractivity contribution is 5.45. The Labute approximate surface area is 112 Å². The maximum atomic E-state index is 4.58. The summed E-state index contributed by atoms with van der Waals surface area (Å²) in [5.74, 6) is 0. The van der Waals surface area contributed by atoms with Crippen LogP contribution in [0.2, 0.25) is 0 Å². The van der Waals surface area contributed by atoms with Crippen molar-refractivity contribution in [3.63, 3.8) is 0 Å². The lowest BCUT2D eigenvalue weighted by atomic mass is 10.1. The Balaban J connectivity index is 2.80. The van der Waals surface area contributed by atoms with E-state index in [0.29, 0.717) is 12.1 Å². The van der Waals surface area contributed by atoms with Crippen LogP contribution in [0.15, 0.2) is 18.3 Å². The smallest absolute Gasteiger partial charge is 0.0572 e. The minimum absolute atomic E-state index is 0.322. The summed E-state index contributed by atoms with van der Waals surface area (Å²) in [6.45, 7) is 12.9. The van der Waals surface area contributed by atoms with Crippen LogP contribution in [0.3, 0.4) is 0 Å². The normalized spacial score (nSPS) is 14.3. The summed E-state index contributed by atoms with van der Waals surface area (Å²) in [5.41, 5.74) is 2.33. The first-order chi connectivity index (χ1) is 8.63. The SMILES string of the molecule is CCNC(C)c1ccc(N(CC)C(C)CC)cn1. The standard InChI is InChI=1S/C15H27N3/c1-6-12(4)18(8-3)14-9-10-15(17-11-14)13(5)16-7-2/h9-13,16H,6-8H2,1-5H3. The average molecular weight is 249 g/mol. The first kappa shape index (κ1) is 15.0. The molecule has 3 nitrogen and oxygen atoms in total. The van der Waals surface area contributed by atoms with Crippen LogP contribution in [-0.2, 0) is 0 Å². The second-order valence-corrected chi connectivity index (χ2v) is 4.76. The Morgan fingerprint density at radius 2 is 1.94 bits per heavy atom. The summed E-state index contributed by atoms with van der Waals surface area (Å²) < 4.78 is 0. The first-order valence-electron chi connectivity index (χ1n) is 7.09. The molecule has 0 aliphatic rings. The molecule has 0 aliphatic heterocycles. The van der Waals surface area contributed by atoms with Crippen LogP contribution >= 0.6 is 0 Å². The Morgan fingerprint density at radius 3 is 2.39 bits per heavy atom. The zero-order chi connectivity index (χ0) is 13.5. The molecule has 1 heterocycles. The molecule has 0 amide bonds. The molecule has 0 saturated heterocycles. The lowest BCUT2D eigenvalue weighted by molar-refractivity contribution is 0.582. The third-order valence-corrected chi connectivity index (χ3v) is 3.52. The van der Waals surface area contributed by atoms with Crippen LogP contribution in [0.5, 0.6) is 0 Å². The summed E-state index contributed by atoms with van der Waals surface area (Å²) in [4.78, 5) is 6.98. The van der Waals surface area contributed by atoms with Crippen molar-refractivity contribution in [1.29, 1.82) is 0 Å². The predicted octanol–water partition coefficient (Wildman–Crippen LogP) is 3.38. The third kappa shape index (κ3) is 3.70. The van der Waals surface area contributed by atoms with E-state index in [1.807, 2.05) is 6.20 Å². The van der Waals surface area contributed by atoms with E-state index in [-0.39, 0.29) is 0 Å². The van der Waals surface area contributed by atoms with E-state index < -0.39 is 0 Å². The van der Waals surface area contributed by atoms with Crippen LogP contribution in [0.1, 0.15) is 52.8 Å². The molecule has 1 aromatic rings. The largest absolute Gasteiger partial charge is 0.368 e. The van der Waals surface area contributed by atoms with Crippen molar-refractivity contribution < 1.29 is 0 Å². The molecular formula is C15H27N3. The molecule has 1 N–H and O–H groups in total. The van der Waals surface area contributed by atoms with Gasteiger partial charge in [-0.15, -0.1) is 0 Å². The second-order valence-electron chi connectivity index (χ2n) is 4.76. The third-order valence-electron chi connectivity index (χ3n) is 3.52. The Bertz CT molecular complexity index is 334. The number of rotatable bonds is 7. The molecule has 0 bridgehead atoms. The molecule has 1 rings (SSSR count). The highest BCUT2D eigenvalue weighted by Gasteiger charge is 2.12. The van der Waals surface area contributed by atoms with Crippen molar-refractivity contribution in [2.75, 3.05) is 18.0 Å². The fraction of sp³-hybridized carbons (Fsp3) is 0.667. The number of aromatic nitrogens is 1. The zero-order valence-corrected chi connectivity index (χ0v) is 12.4. The van der Waals surface area contributed by atoms with Crippen LogP contribution in [-0.4, -0.2) is 24.1 Å². The van der Waals surface area contributed by atoms with Crippen molar-refractivity contribution >= 4 is 5.69 Å². The van der Waals surface area contributed by atoms with Gasteiger partial charge < -0.3 is 10.2 Å². The Morgan fingerprint density at radius 1 is 1.22 bits per heavy atom. The molecule has 2 atom stereocenters. The molecule has 2 unspecified atom stereocenters. The zero-order valence-electron chi connectivity index (χ0n) is 12.4. The molecule has 18 heavy (non-hydrogen) atoms. The maximum absolute atomic E-state index is 4.58. The summed E-state index contributed by atoms with van der Waals surface area (Å²) in [6, 6.07) is 5.20. The fourth-order valence-electron chi connectivity index (χ4n) is 2.20. The van der Waals surface area contributed by atoms with Crippen LogP contribution in [0, 0.1) is 0 Å². The fourth-order valence-corrected chi connectivity index (χ4v) is 2.20. The van der Waals surface area contributed by atoms with E-state index in [9.17, 15) is 0 Å². The average Bonchev–Trinajstić information content (AvgIpc) is 2.40. The van der Waals surface area contributed by atoms with Gasteiger partial charge in [0.05, 0.1) is 17.6 Å². The minimum Gasteiger partial charge on any atom is -0.368 e. The van der Waals surface area contributed by atoms with Crippen LogP contribution in [0.4, 0.5) is 5.69 Å². The summed E-state index contributed by atoms with van der Waals surface area (Å²) in [5, 5.41) is 3.38. The second kappa shape index (κ2) is 7.37. The van der Waals surface area contributed by atoms with Gasteiger partial charge in [0.15, 0.2) is 0 Å². The molecule has 0 aliphatic carbocycles. The van der Waals surface area contributed by atoms with E-state index in [1.54, 1.807) is 0 Å². The predicted molar refractivity (Wildman–Crippen MR) is 79.1 cm³/mol. The van der Waals surface area contributed by atoms with E-state index in [4.69, 9.17) is 0 Å². The lowest BCUT2D eigenvalue weighted by Gasteiger charge is -2.29. The molecule has 0 radical (unpaired) electrons. The monoisotopic (exact) mass is 249 g/mol. The summed E-state index contributed by atoms with van der Waals surface area (Å²) in [6.07, 6.45) is 3.15. The molecule has 102 valence electrons. The quantitative estimate of drug-likeness (QED) is 0.803. The maximum Gasteiger partial charge on any atom is 0.0572 e. The number of hydrogen-bond acceptors (Lipinski definition) is 3. The van der Waals surface area contributed by atoms with E-state index >= 15 is 0 Å². The number of nitrogens with zero attached hydrogens (tertiary/aromatic N) is 2.